The summed E-state index contributed by atoms with van der Waals surface area (Å²) < 4.78 is 13.3. The Morgan fingerprint density at radius 1 is 0.485 bits per heavy atom. The van der Waals surface area contributed by atoms with Crippen molar-refractivity contribution in [3.8, 4) is 11.5 Å². The molecule has 2 N–H and O–H groups in total. The van der Waals surface area contributed by atoms with Crippen molar-refractivity contribution in [1.29, 1.82) is 0 Å². The first kappa shape index (κ1) is 58.1. The first-order valence-corrected chi connectivity index (χ1v) is 29.0. The van der Waals surface area contributed by atoms with E-state index in [2.05, 4.69) is 95.5 Å². The molecule has 2 aromatic carbocycles. The molecule has 0 aromatic heterocycles. The maximum Gasteiger partial charge on any atom is 0.262 e. The van der Waals surface area contributed by atoms with E-state index < -0.39 is 0 Å². The van der Waals surface area contributed by atoms with Crippen LogP contribution >= 0.6 is 24.4 Å². The van der Waals surface area contributed by atoms with E-state index in [-0.39, 0.29) is 16.9 Å². The molecular weight excluding hydrogens is 845 g/mol. The van der Waals surface area contributed by atoms with Crippen LogP contribution < -0.4 is 20.1 Å². The maximum absolute atomic E-state index is 6.66. The molecule has 1 aliphatic rings. The molecule has 1 saturated carbocycles. The Kier molecular flexibility index (Phi) is 30.8. The van der Waals surface area contributed by atoms with Crippen LogP contribution in [0.1, 0.15) is 270 Å². The average Bonchev–Trinajstić information content (AvgIpc) is 3.27. The quantitative estimate of drug-likeness (QED) is 0.0520. The summed E-state index contributed by atoms with van der Waals surface area (Å²) >= 11 is 12.0. The lowest BCUT2D eigenvalue weighted by molar-refractivity contribution is 0.0786. The summed E-state index contributed by atoms with van der Waals surface area (Å²) in [6.07, 6.45) is 44.4. The number of hydrogen-bond acceptors (Lipinski definition) is 4. The van der Waals surface area contributed by atoms with Crippen molar-refractivity contribution in [1.82, 2.24) is 10.6 Å². The van der Waals surface area contributed by atoms with E-state index in [1.807, 2.05) is 0 Å². The highest BCUT2D eigenvalue weighted by molar-refractivity contribution is 7.80. The highest BCUT2D eigenvalue weighted by atomic mass is 32.1. The number of nitrogens with one attached hydrogen (secondary N) is 2. The molecule has 1 aliphatic carbocycles. The number of hydrogen-bond donors (Lipinski definition) is 2. The second-order valence-electron chi connectivity index (χ2n) is 21.8. The zero-order chi connectivity index (χ0) is 47.7. The molecule has 0 aliphatic heterocycles. The van der Waals surface area contributed by atoms with E-state index in [0.29, 0.717) is 10.3 Å². The van der Waals surface area contributed by atoms with Gasteiger partial charge in [0.05, 0.1) is 0 Å². The zero-order valence-electron chi connectivity index (χ0n) is 44.1. The van der Waals surface area contributed by atoms with Crippen molar-refractivity contribution in [2.24, 2.45) is 10.8 Å². The van der Waals surface area contributed by atoms with Crippen LogP contribution in [-0.2, 0) is 25.7 Å². The monoisotopic (exact) mass is 947 g/mol. The Labute approximate surface area is 419 Å². The minimum absolute atomic E-state index is 0.000772. The first-order valence-electron chi connectivity index (χ1n) is 28.2. The molecule has 0 saturated heterocycles. The largest absolute Gasteiger partial charge is 0.432 e. The smallest absolute Gasteiger partial charge is 0.262 e. The fourth-order valence-electron chi connectivity index (χ4n) is 11.1. The summed E-state index contributed by atoms with van der Waals surface area (Å²) in [7, 11) is 0. The van der Waals surface area contributed by atoms with Crippen molar-refractivity contribution >= 4 is 34.8 Å². The molecule has 2 atom stereocenters. The lowest BCUT2D eigenvalue weighted by Crippen LogP contribution is -2.51. The van der Waals surface area contributed by atoms with Crippen LogP contribution in [0, 0.1) is 10.8 Å². The van der Waals surface area contributed by atoms with Gasteiger partial charge in [-0.25, -0.2) is 0 Å². The number of benzene rings is 2. The molecule has 3 rings (SSSR count). The summed E-state index contributed by atoms with van der Waals surface area (Å²) in [4.78, 5) is 0. The van der Waals surface area contributed by atoms with Crippen molar-refractivity contribution in [3.05, 3.63) is 58.7 Å². The van der Waals surface area contributed by atoms with Crippen LogP contribution in [0.3, 0.4) is 0 Å². The molecule has 1 fully saturated rings. The van der Waals surface area contributed by atoms with Gasteiger partial charge in [0.25, 0.3) is 10.3 Å². The Balaban J connectivity index is 1.64. The molecule has 0 amide bonds. The van der Waals surface area contributed by atoms with E-state index in [1.54, 1.807) is 0 Å². The Bertz CT molecular complexity index is 1590. The predicted octanol–water partition coefficient (Wildman–Crippen LogP) is 18.7. The molecule has 0 spiro atoms. The lowest BCUT2D eigenvalue weighted by Gasteiger charge is -2.47. The van der Waals surface area contributed by atoms with E-state index >= 15 is 0 Å². The minimum atomic E-state index is 0.000772. The van der Waals surface area contributed by atoms with Gasteiger partial charge in [0.15, 0.2) is 0 Å². The molecule has 376 valence electrons. The van der Waals surface area contributed by atoms with E-state index in [0.717, 1.165) is 63.0 Å². The number of aryl methyl sites for hydroxylation is 2. The third kappa shape index (κ3) is 24.9. The standard InChI is InChI=1S/C60H102N2O2S2/c1-8-12-16-20-24-28-32-38-50-40-36-44-55(53(50)42-34-30-26-22-18-14-10-3)63-57(65)61-49-60(7)47-52(46-59(5,6)48-60)62-58(66)64-56-45-37-41-51(39-33-29-25-21-17-13-9-2)54(56)43-35-31-27-23-19-15-11-4/h36-37,40-41,44-45,52H,8-35,38-39,42-43,46-49H2,1-7H3,(H,61,65)(H,62,66). The molecular formula is C60H102N2O2S2. The molecule has 0 bridgehead atoms. The van der Waals surface area contributed by atoms with Gasteiger partial charge in [0, 0.05) is 12.6 Å². The Morgan fingerprint density at radius 3 is 1.26 bits per heavy atom. The fourth-order valence-corrected chi connectivity index (χ4v) is 11.5. The van der Waals surface area contributed by atoms with Crippen LogP contribution in [-0.4, -0.2) is 22.9 Å². The van der Waals surface area contributed by atoms with Crippen LogP contribution in [0.2, 0.25) is 0 Å². The lowest BCUT2D eigenvalue weighted by atomic mass is 9.62. The van der Waals surface area contributed by atoms with Gasteiger partial charge in [0.1, 0.15) is 11.5 Å². The van der Waals surface area contributed by atoms with Crippen molar-refractivity contribution in [3.63, 3.8) is 0 Å². The van der Waals surface area contributed by atoms with Crippen molar-refractivity contribution in [2.75, 3.05) is 6.54 Å². The molecule has 2 aromatic rings. The van der Waals surface area contributed by atoms with Gasteiger partial charge in [0.2, 0.25) is 0 Å². The SMILES string of the molecule is CCCCCCCCCc1cccc(OC(=S)NCC2(C)CC(NC(=S)Oc3cccc(CCCCCCCCC)c3CCCCCCCCC)CC(C)(C)C2)c1CCCCCCCCC. The summed E-state index contributed by atoms with van der Waals surface area (Å²) in [5, 5.41) is 8.34. The van der Waals surface area contributed by atoms with Gasteiger partial charge in [-0.2, -0.15) is 0 Å². The average molecular weight is 948 g/mol. The number of ether oxygens (including phenoxy) is 2. The normalized spacial score (nSPS) is 16.9. The van der Waals surface area contributed by atoms with Gasteiger partial charge in [-0.15, -0.1) is 0 Å². The van der Waals surface area contributed by atoms with Crippen LogP contribution in [0.15, 0.2) is 36.4 Å². The highest BCUT2D eigenvalue weighted by Crippen LogP contribution is 2.46. The second-order valence-corrected chi connectivity index (χ2v) is 22.5. The summed E-state index contributed by atoms with van der Waals surface area (Å²) in [6.45, 7) is 17.2. The van der Waals surface area contributed by atoms with Crippen LogP contribution in [0.5, 0.6) is 11.5 Å². The molecule has 4 nitrogen and oxygen atoms in total. The van der Waals surface area contributed by atoms with Crippen molar-refractivity contribution in [2.45, 2.75) is 279 Å². The number of unbranched alkanes of at least 4 members (excludes halogenated alkanes) is 24. The third-order valence-electron chi connectivity index (χ3n) is 14.5. The molecule has 66 heavy (non-hydrogen) atoms. The van der Waals surface area contributed by atoms with Crippen LogP contribution in [0.25, 0.3) is 0 Å². The van der Waals surface area contributed by atoms with Crippen molar-refractivity contribution < 1.29 is 9.47 Å². The topological polar surface area (TPSA) is 42.5 Å². The fraction of sp³-hybridized carbons (Fsp3) is 0.767. The van der Waals surface area contributed by atoms with Gasteiger partial charge >= 0.3 is 0 Å². The Morgan fingerprint density at radius 2 is 0.848 bits per heavy atom. The molecule has 6 heteroatoms. The number of rotatable bonds is 37. The molecule has 0 radical (unpaired) electrons. The molecule has 2 unspecified atom stereocenters. The van der Waals surface area contributed by atoms with Gasteiger partial charge in [-0.05, 0) is 140 Å². The summed E-state index contributed by atoms with van der Waals surface area (Å²) in [6, 6.07) is 13.6. The van der Waals surface area contributed by atoms with E-state index in [9.17, 15) is 0 Å². The summed E-state index contributed by atoms with van der Waals surface area (Å²) in [5.74, 6) is 1.91. The van der Waals surface area contributed by atoms with Gasteiger partial charge in [-0.1, -0.05) is 227 Å². The minimum Gasteiger partial charge on any atom is -0.432 e. The van der Waals surface area contributed by atoms with Gasteiger partial charge in [-0.3, -0.25) is 0 Å². The highest BCUT2D eigenvalue weighted by Gasteiger charge is 2.42. The molecule has 0 heterocycles. The van der Waals surface area contributed by atoms with E-state index in [1.165, 1.54) is 202 Å². The van der Waals surface area contributed by atoms with E-state index in [4.69, 9.17) is 33.9 Å². The number of thiocarbonyl (C=S) groups is 2. The zero-order valence-corrected chi connectivity index (χ0v) is 45.8. The Hall–Kier alpha value is -2.18. The first-order chi connectivity index (χ1) is 32.0. The van der Waals surface area contributed by atoms with Crippen LogP contribution in [0.4, 0.5) is 0 Å². The predicted molar refractivity (Wildman–Crippen MR) is 297 cm³/mol. The second kappa shape index (κ2) is 35.0. The maximum atomic E-state index is 6.66. The summed E-state index contributed by atoms with van der Waals surface area (Å²) in [5.41, 5.74) is 5.79. The van der Waals surface area contributed by atoms with Gasteiger partial charge < -0.3 is 20.1 Å². The third-order valence-corrected chi connectivity index (χ3v) is 14.9.